The van der Waals surface area contributed by atoms with Gasteiger partial charge in [-0.15, -0.1) is 0 Å². The fraction of sp³-hybridized carbons (Fsp3) is 0.625. The lowest BCUT2D eigenvalue weighted by atomic mass is 10.2. The molecule has 0 bridgehead atoms. The van der Waals surface area contributed by atoms with Crippen molar-refractivity contribution in [2.75, 3.05) is 0 Å². The number of rotatable bonds is 5. The molecule has 9 heavy (non-hydrogen) atoms. The summed E-state index contributed by atoms with van der Waals surface area (Å²) in [6, 6.07) is 0. The van der Waals surface area contributed by atoms with E-state index in [0.717, 1.165) is 12.7 Å². The molecule has 1 heteroatoms. The second-order valence-corrected chi connectivity index (χ2v) is 2.02. The molecule has 0 fully saturated rings. The lowest BCUT2D eigenvalue weighted by Gasteiger charge is -1.85. The molecule has 0 unspecified atom stereocenters. The van der Waals surface area contributed by atoms with E-state index in [4.69, 9.17) is 0 Å². The lowest BCUT2D eigenvalue weighted by Crippen LogP contribution is -1.68. The van der Waals surface area contributed by atoms with Crippen molar-refractivity contribution in [3.63, 3.8) is 0 Å². The van der Waals surface area contributed by atoms with Gasteiger partial charge in [-0.25, -0.2) is 0 Å². The van der Waals surface area contributed by atoms with Gasteiger partial charge in [-0.1, -0.05) is 31.9 Å². The maximum absolute atomic E-state index is 9.79. The number of unbranched alkanes of at least 4 members (excludes halogenated alkanes) is 2. The molecule has 52 valence electrons. The monoisotopic (exact) mass is 126 g/mol. The van der Waals surface area contributed by atoms with E-state index in [9.17, 15) is 4.79 Å². The normalized spacial score (nSPS) is 10.3. The topological polar surface area (TPSA) is 17.1 Å². The zero-order valence-corrected chi connectivity index (χ0v) is 5.97. The Morgan fingerprint density at radius 1 is 1.33 bits per heavy atom. The van der Waals surface area contributed by atoms with Crippen molar-refractivity contribution in [3.05, 3.63) is 12.2 Å². The van der Waals surface area contributed by atoms with Crippen LogP contribution in [0.15, 0.2) is 12.2 Å². The summed E-state index contributed by atoms with van der Waals surface area (Å²) in [6.07, 6.45) is 9.05. The van der Waals surface area contributed by atoms with E-state index in [2.05, 4.69) is 13.0 Å². The predicted octanol–water partition coefficient (Wildman–Crippen LogP) is 2.32. The van der Waals surface area contributed by atoms with Crippen LogP contribution in [0.1, 0.15) is 32.6 Å². The van der Waals surface area contributed by atoms with Crippen LogP contribution in [-0.4, -0.2) is 6.29 Å². The quantitative estimate of drug-likeness (QED) is 0.314. The summed E-state index contributed by atoms with van der Waals surface area (Å²) in [7, 11) is 0. The van der Waals surface area contributed by atoms with Gasteiger partial charge in [0.05, 0.1) is 0 Å². The van der Waals surface area contributed by atoms with Crippen molar-refractivity contribution < 1.29 is 4.79 Å². The van der Waals surface area contributed by atoms with Crippen LogP contribution in [0.25, 0.3) is 0 Å². The third-order valence-electron chi connectivity index (χ3n) is 1.12. The van der Waals surface area contributed by atoms with E-state index >= 15 is 0 Å². The van der Waals surface area contributed by atoms with Crippen LogP contribution < -0.4 is 0 Å². The number of carbonyl (C=O) groups excluding carboxylic acids is 1. The summed E-state index contributed by atoms with van der Waals surface area (Å²) >= 11 is 0. The van der Waals surface area contributed by atoms with Gasteiger partial charge in [0.25, 0.3) is 0 Å². The van der Waals surface area contributed by atoms with Crippen LogP contribution in [0, 0.1) is 0 Å². The van der Waals surface area contributed by atoms with Crippen LogP contribution in [0.5, 0.6) is 0 Å². The van der Waals surface area contributed by atoms with Gasteiger partial charge in [-0.2, -0.15) is 0 Å². The highest BCUT2D eigenvalue weighted by atomic mass is 16.1. The molecule has 0 atom stereocenters. The second-order valence-electron chi connectivity index (χ2n) is 2.02. The van der Waals surface area contributed by atoms with Crippen LogP contribution in [0.3, 0.4) is 0 Å². The Bertz CT molecular complexity index is 84.6. The van der Waals surface area contributed by atoms with Crippen molar-refractivity contribution in [1.29, 1.82) is 0 Å². The number of aldehydes is 1. The fourth-order valence-corrected chi connectivity index (χ4v) is 0.592. The Balaban J connectivity index is 2.94. The summed E-state index contributed by atoms with van der Waals surface area (Å²) in [5, 5.41) is 0. The Hall–Kier alpha value is -0.590. The first kappa shape index (κ1) is 8.41. The van der Waals surface area contributed by atoms with Crippen molar-refractivity contribution in [1.82, 2.24) is 0 Å². The van der Waals surface area contributed by atoms with Gasteiger partial charge >= 0.3 is 0 Å². The molecule has 0 saturated carbocycles. The summed E-state index contributed by atoms with van der Waals surface area (Å²) < 4.78 is 0. The van der Waals surface area contributed by atoms with Gasteiger partial charge in [0, 0.05) is 6.42 Å². The molecule has 0 heterocycles. The molecule has 0 aromatic rings. The Labute approximate surface area is 56.8 Å². The highest BCUT2D eigenvalue weighted by Gasteiger charge is 1.76. The first-order chi connectivity index (χ1) is 4.41. The molecule has 0 aliphatic rings. The predicted molar refractivity (Wildman–Crippen MR) is 39.3 cm³/mol. The van der Waals surface area contributed by atoms with Crippen molar-refractivity contribution >= 4 is 6.29 Å². The van der Waals surface area contributed by atoms with Gasteiger partial charge < -0.3 is 4.79 Å². The molecular formula is C8H14O. The molecule has 0 N–H and O–H groups in total. The molecule has 1 nitrogen and oxygen atoms in total. The van der Waals surface area contributed by atoms with Gasteiger partial charge in [0.1, 0.15) is 6.29 Å². The van der Waals surface area contributed by atoms with Crippen molar-refractivity contribution in [2.24, 2.45) is 0 Å². The van der Waals surface area contributed by atoms with E-state index in [1.54, 1.807) is 0 Å². The maximum atomic E-state index is 9.79. The summed E-state index contributed by atoms with van der Waals surface area (Å²) in [5.74, 6) is 0. The second kappa shape index (κ2) is 7.41. The maximum Gasteiger partial charge on any atom is 0.123 e. The van der Waals surface area contributed by atoms with Gasteiger partial charge in [0.2, 0.25) is 0 Å². The van der Waals surface area contributed by atoms with E-state index in [1.165, 1.54) is 12.8 Å². The SMILES string of the molecule is CCCC/C=C/CC=O. The molecule has 0 aromatic heterocycles. The Morgan fingerprint density at radius 3 is 2.67 bits per heavy atom. The van der Waals surface area contributed by atoms with Gasteiger partial charge in [-0.3, -0.25) is 0 Å². The van der Waals surface area contributed by atoms with Crippen LogP contribution in [0.2, 0.25) is 0 Å². The first-order valence-corrected chi connectivity index (χ1v) is 3.50. The minimum Gasteiger partial charge on any atom is -0.303 e. The molecule has 0 spiro atoms. The standard InChI is InChI=1S/C8H14O/c1-2-3-4-5-6-7-8-9/h5-6,8H,2-4,7H2,1H3/b6-5+. The average molecular weight is 126 g/mol. The Morgan fingerprint density at radius 2 is 2.11 bits per heavy atom. The molecular weight excluding hydrogens is 112 g/mol. The zero-order valence-electron chi connectivity index (χ0n) is 5.97. The number of allylic oxidation sites excluding steroid dienone is 2. The highest BCUT2D eigenvalue weighted by molar-refractivity contribution is 5.51. The highest BCUT2D eigenvalue weighted by Crippen LogP contribution is 1.94. The molecule has 0 amide bonds. The number of carbonyl (C=O) groups is 1. The van der Waals surface area contributed by atoms with Gasteiger partial charge in [-0.05, 0) is 6.42 Å². The average Bonchev–Trinajstić information content (AvgIpc) is 1.89. The van der Waals surface area contributed by atoms with E-state index < -0.39 is 0 Å². The lowest BCUT2D eigenvalue weighted by molar-refractivity contribution is -0.107. The molecule has 0 aliphatic heterocycles. The van der Waals surface area contributed by atoms with E-state index in [1.807, 2.05) is 6.08 Å². The third kappa shape index (κ3) is 7.41. The van der Waals surface area contributed by atoms with Crippen LogP contribution in [-0.2, 0) is 4.79 Å². The van der Waals surface area contributed by atoms with E-state index in [0.29, 0.717) is 6.42 Å². The summed E-state index contributed by atoms with van der Waals surface area (Å²) in [4.78, 5) is 9.79. The molecule has 0 aliphatic carbocycles. The zero-order chi connectivity index (χ0) is 6.95. The number of hydrogen-bond acceptors (Lipinski definition) is 1. The summed E-state index contributed by atoms with van der Waals surface area (Å²) in [5.41, 5.74) is 0. The molecule has 0 rings (SSSR count). The van der Waals surface area contributed by atoms with Crippen molar-refractivity contribution in [3.8, 4) is 0 Å². The fourth-order valence-electron chi connectivity index (χ4n) is 0.592. The first-order valence-electron chi connectivity index (χ1n) is 3.50. The smallest absolute Gasteiger partial charge is 0.123 e. The summed E-state index contributed by atoms with van der Waals surface area (Å²) in [6.45, 7) is 2.16. The molecule has 0 radical (unpaired) electrons. The minimum absolute atomic E-state index is 0.573. The minimum atomic E-state index is 0.573. The van der Waals surface area contributed by atoms with Gasteiger partial charge in [0.15, 0.2) is 0 Å². The van der Waals surface area contributed by atoms with Crippen LogP contribution >= 0.6 is 0 Å². The third-order valence-corrected chi connectivity index (χ3v) is 1.12. The van der Waals surface area contributed by atoms with E-state index in [-0.39, 0.29) is 0 Å². The molecule has 0 aromatic carbocycles. The molecule has 0 saturated heterocycles. The van der Waals surface area contributed by atoms with Crippen molar-refractivity contribution in [2.45, 2.75) is 32.6 Å². The Kier molecular flexibility index (Phi) is 6.92. The number of hydrogen-bond donors (Lipinski definition) is 0. The largest absolute Gasteiger partial charge is 0.303 e. The van der Waals surface area contributed by atoms with Crippen LogP contribution in [0.4, 0.5) is 0 Å².